The fraction of sp³-hybridized carbons (Fsp3) is 0.310. The molecule has 3 aliphatic rings. The Morgan fingerprint density at radius 2 is 1.54 bits per heavy atom. The lowest BCUT2D eigenvalue weighted by Gasteiger charge is -2.51. The molecule has 0 saturated carbocycles. The van der Waals surface area contributed by atoms with Crippen molar-refractivity contribution in [3.05, 3.63) is 96.1 Å². The summed E-state index contributed by atoms with van der Waals surface area (Å²) in [5, 5.41) is 3.35. The Labute approximate surface area is 206 Å². The van der Waals surface area contributed by atoms with E-state index in [2.05, 4.69) is 5.32 Å². The maximum absolute atomic E-state index is 13.5. The van der Waals surface area contributed by atoms with Crippen molar-refractivity contribution in [1.82, 2.24) is 0 Å². The molecule has 2 atom stereocenters. The van der Waals surface area contributed by atoms with Crippen LogP contribution in [-0.2, 0) is 9.53 Å². The Bertz CT molecular complexity index is 1170. The molecule has 3 aromatic carbocycles. The zero-order valence-corrected chi connectivity index (χ0v) is 19.8. The smallest absolute Gasteiger partial charge is 0.333 e. The monoisotopic (exact) mass is 470 g/mol. The van der Waals surface area contributed by atoms with Crippen LogP contribution in [0.5, 0.6) is 0 Å². The van der Waals surface area contributed by atoms with Gasteiger partial charge in [0.2, 0.25) is 5.78 Å². The third-order valence-electron chi connectivity index (χ3n) is 7.50. The summed E-state index contributed by atoms with van der Waals surface area (Å²) in [5.41, 5.74) is 8.88. The molecule has 3 aliphatic heterocycles. The second kappa shape index (κ2) is 9.92. The van der Waals surface area contributed by atoms with Crippen LogP contribution in [0.1, 0.15) is 34.8 Å². The number of nitrogen functional groups attached to an aromatic ring is 1. The molecule has 2 bridgehead atoms. The number of fused-ring (bicyclic) bond motifs is 3. The molecular formula is C29H32N3O3+. The number of piperidine rings is 3. The van der Waals surface area contributed by atoms with Crippen LogP contribution in [0, 0.1) is 5.92 Å². The van der Waals surface area contributed by atoms with E-state index in [0.29, 0.717) is 34.7 Å². The number of carbonyl (C=O) groups excluding carboxylic acids is 2. The number of quaternary nitrogens is 1. The minimum absolute atomic E-state index is 0.0569. The van der Waals surface area contributed by atoms with Gasteiger partial charge in [0.15, 0.2) is 12.1 Å². The van der Waals surface area contributed by atoms with Crippen molar-refractivity contribution in [3.63, 3.8) is 0 Å². The van der Waals surface area contributed by atoms with E-state index in [9.17, 15) is 9.59 Å². The topological polar surface area (TPSA) is 81.4 Å². The minimum Gasteiger partial charge on any atom is -0.454 e. The summed E-state index contributed by atoms with van der Waals surface area (Å²) in [6, 6.07) is 26.0. The molecule has 0 spiro atoms. The lowest BCUT2D eigenvalue weighted by Crippen LogP contribution is -2.65. The minimum atomic E-state index is -0.603. The van der Waals surface area contributed by atoms with E-state index in [4.69, 9.17) is 10.5 Å². The molecule has 0 aromatic heterocycles. The average molecular weight is 471 g/mol. The fourth-order valence-corrected chi connectivity index (χ4v) is 5.56. The van der Waals surface area contributed by atoms with E-state index >= 15 is 0 Å². The molecule has 3 N–H and O–H groups in total. The number of para-hydroxylation sites is 2. The first-order chi connectivity index (χ1) is 17.0. The number of hydrogen-bond acceptors (Lipinski definition) is 5. The van der Waals surface area contributed by atoms with E-state index in [-0.39, 0.29) is 17.9 Å². The number of benzene rings is 3. The van der Waals surface area contributed by atoms with Gasteiger partial charge in [-0.3, -0.25) is 4.79 Å². The second-order valence-electron chi connectivity index (χ2n) is 9.81. The van der Waals surface area contributed by atoms with Crippen molar-refractivity contribution in [2.75, 3.05) is 37.2 Å². The van der Waals surface area contributed by atoms with Gasteiger partial charge in [-0.15, -0.1) is 0 Å². The highest BCUT2D eigenvalue weighted by Crippen LogP contribution is 2.37. The maximum Gasteiger partial charge on any atom is 0.333 e. The van der Waals surface area contributed by atoms with E-state index in [1.54, 1.807) is 12.1 Å². The van der Waals surface area contributed by atoms with Crippen LogP contribution in [0.25, 0.3) is 0 Å². The van der Waals surface area contributed by atoms with E-state index < -0.39 is 6.04 Å². The summed E-state index contributed by atoms with van der Waals surface area (Å²) in [7, 11) is 0. The molecule has 0 unspecified atom stereocenters. The van der Waals surface area contributed by atoms with Crippen molar-refractivity contribution >= 4 is 23.1 Å². The Morgan fingerprint density at radius 3 is 2.23 bits per heavy atom. The highest BCUT2D eigenvalue weighted by molar-refractivity contribution is 6.01. The number of ketones is 1. The molecule has 3 fully saturated rings. The number of hydrogen-bond donors (Lipinski definition) is 2. The van der Waals surface area contributed by atoms with Gasteiger partial charge in [0.05, 0.1) is 13.1 Å². The summed E-state index contributed by atoms with van der Waals surface area (Å²) in [5.74, 6) is 0.112. The van der Waals surface area contributed by atoms with Crippen molar-refractivity contribution in [3.8, 4) is 0 Å². The molecule has 180 valence electrons. The van der Waals surface area contributed by atoms with Gasteiger partial charge in [0.25, 0.3) is 0 Å². The number of nitrogens with zero attached hydrogens (tertiary/aromatic N) is 1. The lowest BCUT2D eigenvalue weighted by atomic mass is 9.82. The van der Waals surface area contributed by atoms with Crippen molar-refractivity contribution in [1.29, 1.82) is 0 Å². The van der Waals surface area contributed by atoms with Crippen LogP contribution in [-0.4, -0.2) is 48.5 Å². The molecule has 0 amide bonds. The van der Waals surface area contributed by atoms with Gasteiger partial charge in [0, 0.05) is 35.7 Å². The zero-order valence-electron chi connectivity index (χ0n) is 19.8. The molecule has 6 rings (SSSR count). The predicted molar refractivity (Wildman–Crippen MR) is 137 cm³/mol. The van der Waals surface area contributed by atoms with Gasteiger partial charge in [-0.05, 0) is 29.8 Å². The van der Waals surface area contributed by atoms with E-state index in [1.807, 2.05) is 72.8 Å². The van der Waals surface area contributed by atoms with Gasteiger partial charge in [-0.25, -0.2) is 4.79 Å². The molecule has 6 heteroatoms. The van der Waals surface area contributed by atoms with Crippen LogP contribution in [0.15, 0.2) is 84.9 Å². The number of anilines is 2. The molecule has 3 saturated heterocycles. The van der Waals surface area contributed by atoms with Crippen molar-refractivity contribution in [2.24, 2.45) is 5.92 Å². The molecule has 0 radical (unpaired) electrons. The number of nitrogens with one attached hydrogen (secondary N) is 1. The number of Topliss-reactive ketones (excluding diaryl/α,β-unsaturated/α-hetero) is 1. The molecule has 3 heterocycles. The SMILES string of the molecule is Nc1ccccc1C(=O)C[N+]12CCC(CC1)[C@@H](OC(=O)[C@H](Nc1ccccc1)c1ccccc1)C2. The van der Waals surface area contributed by atoms with Crippen molar-refractivity contribution in [2.45, 2.75) is 25.0 Å². The van der Waals surface area contributed by atoms with Crippen LogP contribution in [0.4, 0.5) is 11.4 Å². The fourth-order valence-electron chi connectivity index (χ4n) is 5.56. The maximum atomic E-state index is 13.5. The molecule has 3 aromatic rings. The Kier molecular flexibility index (Phi) is 6.55. The van der Waals surface area contributed by atoms with Gasteiger partial charge < -0.3 is 20.3 Å². The number of esters is 1. The van der Waals surface area contributed by atoms with Crippen LogP contribution >= 0.6 is 0 Å². The largest absolute Gasteiger partial charge is 0.454 e. The summed E-state index contributed by atoms with van der Waals surface area (Å²) in [6.45, 7) is 2.92. The van der Waals surface area contributed by atoms with Gasteiger partial charge in [-0.1, -0.05) is 60.7 Å². The Hall–Kier alpha value is -3.64. The standard InChI is InChI=1S/C29H31N3O3/c30-25-14-8-7-13-24(25)26(33)19-32-17-15-21(16-18-32)27(20-32)35-29(34)28(22-9-3-1-4-10-22)31-23-11-5-2-6-12-23/h1-14,21,27-28,31H,15-20H2,(H-,30,33)/p+1/t21?,27-,28+,32?/m0/s1. The molecule has 0 aliphatic carbocycles. The third-order valence-corrected chi connectivity index (χ3v) is 7.50. The summed E-state index contributed by atoms with van der Waals surface area (Å²) in [4.78, 5) is 26.6. The molecule has 35 heavy (non-hydrogen) atoms. The highest BCUT2D eigenvalue weighted by Gasteiger charge is 2.49. The van der Waals surface area contributed by atoms with Crippen LogP contribution in [0.3, 0.4) is 0 Å². The van der Waals surface area contributed by atoms with Crippen LogP contribution < -0.4 is 11.1 Å². The first-order valence-electron chi connectivity index (χ1n) is 12.3. The van der Waals surface area contributed by atoms with Gasteiger partial charge >= 0.3 is 5.97 Å². The van der Waals surface area contributed by atoms with Crippen LogP contribution in [0.2, 0.25) is 0 Å². The highest BCUT2D eigenvalue weighted by atomic mass is 16.5. The third kappa shape index (κ3) is 5.08. The van der Waals surface area contributed by atoms with Crippen molar-refractivity contribution < 1.29 is 18.8 Å². The number of nitrogens with two attached hydrogens (primary N) is 1. The quantitative estimate of drug-likeness (QED) is 0.220. The summed E-state index contributed by atoms with van der Waals surface area (Å²) >= 11 is 0. The second-order valence-corrected chi connectivity index (χ2v) is 9.81. The van der Waals surface area contributed by atoms with Gasteiger partial charge in [-0.2, -0.15) is 0 Å². The Morgan fingerprint density at radius 1 is 0.914 bits per heavy atom. The lowest BCUT2D eigenvalue weighted by molar-refractivity contribution is -0.938. The molecular weight excluding hydrogens is 438 g/mol. The first-order valence-corrected chi connectivity index (χ1v) is 12.3. The Balaban J connectivity index is 1.32. The normalized spacial score (nSPS) is 23.9. The summed E-state index contributed by atoms with van der Waals surface area (Å²) < 4.78 is 6.85. The predicted octanol–water partition coefficient (Wildman–Crippen LogP) is 4.46. The molecule has 6 nitrogen and oxygen atoms in total. The number of ether oxygens (including phenoxy) is 1. The number of carbonyl (C=O) groups is 2. The number of rotatable bonds is 8. The first kappa shape index (κ1) is 23.1. The van der Waals surface area contributed by atoms with E-state index in [1.165, 1.54) is 0 Å². The summed E-state index contributed by atoms with van der Waals surface area (Å²) in [6.07, 6.45) is 1.71. The average Bonchev–Trinajstić information content (AvgIpc) is 2.89. The van der Waals surface area contributed by atoms with E-state index in [0.717, 1.165) is 37.2 Å². The zero-order chi connectivity index (χ0) is 24.3. The van der Waals surface area contributed by atoms with Gasteiger partial charge in [0.1, 0.15) is 13.1 Å².